The number of benzene rings is 1. The van der Waals surface area contributed by atoms with E-state index in [1.54, 1.807) is 13.1 Å². The molecule has 5 rings (SSSR count). The highest BCUT2D eigenvalue weighted by molar-refractivity contribution is 7.16. The van der Waals surface area contributed by atoms with Crippen molar-refractivity contribution in [2.75, 3.05) is 38.6 Å². The summed E-state index contributed by atoms with van der Waals surface area (Å²) in [6.45, 7) is 6.15. The van der Waals surface area contributed by atoms with Gasteiger partial charge in [0, 0.05) is 30.5 Å². The quantitative estimate of drug-likeness (QED) is 0.366. The topological polar surface area (TPSA) is 102 Å². The Balaban J connectivity index is 1.46. The van der Waals surface area contributed by atoms with Crippen LogP contribution < -0.4 is 10.2 Å². The molecule has 1 N–H and O–H groups in total. The van der Waals surface area contributed by atoms with Gasteiger partial charge >= 0.3 is 0 Å². The lowest BCUT2D eigenvalue weighted by molar-refractivity contribution is -0.122. The van der Waals surface area contributed by atoms with E-state index in [9.17, 15) is 14.4 Å². The molecule has 4 heterocycles. The largest absolute Gasteiger partial charge is 0.358 e. The van der Waals surface area contributed by atoms with E-state index < -0.39 is 5.82 Å². The minimum absolute atomic E-state index is 0.0371. The van der Waals surface area contributed by atoms with E-state index in [4.69, 9.17) is 15.1 Å². The molecule has 11 heteroatoms. The highest BCUT2D eigenvalue weighted by atomic mass is 32.1. The van der Waals surface area contributed by atoms with Crippen LogP contribution in [0.2, 0.25) is 0 Å². The van der Waals surface area contributed by atoms with E-state index in [-0.39, 0.29) is 11.5 Å². The molecule has 39 heavy (non-hydrogen) atoms. The summed E-state index contributed by atoms with van der Waals surface area (Å²) in [6.07, 6.45) is 2.60. The van der Waals surface area contributed by atoms with E-state index >= 15 is 0 Å². The molecule has 1 saturated heterocycles. The van der Waals surface area contributed by atoms with Gasteiger partial charge in [-0.2, -0.15) is 14.9 Å². The molecular formula is C28H31FN8OS. The van der Waals surface area contributed by atoms with Crippen molar-refractivity contribution in [2.24, 2.45) is 0 Å². The number of anilines is 2. The summed E-state index contributed by atoms with van der Waals surface area (Å²) in [5.74, 6) is 0.747. The maximum atomic E-state index is 13.7. The molecule has 0 spiro atoms. The van der Waals surface area contributed by atoms with E-state index in [0.717, 1.165) is 65.2 Å². The van der Waals surface area contributed by atoms with Crippen molar-refractivity contribution in [1.82, 2.24) is 29.8 Å². The number of carbonyl (C=O) groups excluding carboxylic acids is 1. The molecule has 0 radical (unpaired) electrons. The SMILES string of the molecule is CCc1nc2ccc(C3CCN(CC(=O)NC)CC3)nn2c1N(C)c1nc(-c2ccc(F)cc2C#N)c(C)s1. The normalized spacial score (nSPS) is 14.5. The van der Waals surface area contributed by atoms with Gasteiger partial charge in [-0.15, -0.1) is 11.3 Å². The van der Waals surface area contributed by atoms with Crippen molar-refractivity contribution in [1.29, 1.82) is 5.26 Å². The Bertz CT molecular complexity index is 1560. The maximum Gasteiger partial charge on any atom is 0.233 e. The van der Waals surface area contributed by atoms with Gasteiger partial charge in [0.1, 0.15) is 5.82 Å². The molecule has 0 bridgehead atoms. The zero-order valence-electron chi connectivity index (χ0n) is 22.5. The summed E-state index contributed by atoms with van der Waals surface area (Å²) >= 11 is 1.51. The van der Waals surface area contributed by atoms with Crippen LogP contribution in [0.4, 0.5) is 15.3 Å². The minimum atomic E-state index is -0.446. The van der Waals surface area contributed by atoms with Gasteiger partial charge in [0.15, 0.2) is 16.6 Å². The highest BCUT2D eigenvalue weighted by Crippen LogP contribution is 2.38. The molecule has 0 saturated carbocycles. The molecule has 3 aromatic heterocycles. The fourth-order valence-electron chi connectivity index (χ4n) is 5.12. The third kappa shape index (κ3) is 5.22. The van der Waals surface area contributed by atoms with Crippen LogP contribution in [-0.4, -0.2) is 64.1 Å². The molecular weight excluding hydrogens is 515 g/mol. The predicted octanol–water partition coefficient (Wildman–Crippen LogP) is 4.43. The molecule has 1 aliphatic heterocycles. The second kappa shape index (κ2) is 11.1. The zero-order valence-corrected chi connectivity index (χ0v) is 23.3. The summed E-state index contributed by atoms with van der Waals surface area (Å²) in [6, 6.07) is 10.4. The smallest absolute Gasteiger partial charge is 0.233 e. The lowest BCUT2D eigenvalue weighted by atomic mass is 9.93. The van der Waals surface area contributed by atoms with E-state index in [2.05, 4.69) is 29.3 Å². The number of aryl methyl sites for hydroxylation is 2. The number of carbonyl (C=O) groups is 1. The number of amides is 1. The van der Waals surface area contributed by atoms with Crippen molar-refractivity contribution in [3.8, 4) is 17.3 Å². The van der Waals surface area contributed by atoms with E-state index in [1.807, 2.05) is 29.5 Å². The number of rotatable bonds is 7. The van der Waals surface area contributed by atoms with Gasteiger partial charge in [0.05, 0.1) is 35.3 Å². The van der Waals surface area contributed by atoms with Crippen molar-refractivity contribution >= 4 is 33.8 Å². The molecule has 202 valence electrons. The summed E-state index contributed by atoms with van der Waals surface area (Å²) in [5.41, 5.74) is 4.24. The molecule has 1 amide bonds. The first kappa shape index (κ1) is 26.7. The Labute approximate surface area is 230 Å². The number of nitrogens with one attached hydrogen (secondary N) is 1. The van der Waals surface area contributed by atoms with Crippen molar-refractivity contribution in [2.45, 2.75) is 39.0 Å². The first-order chi connectivity index (χ1) is 18.8. The van der Waals surface area contributed by atoms with Gasteiger partial charge in [-0.25, -0.2) is 14.4 Å². The average Bonchev–Trinajstić information content (AvgIpc) is 3.52. The van der Waals surface area contributed by atoms with E-state index in [1.165, 1.54) is 23.5 Å². The van der Waals surface area contributed by atoms with Crippen molar-refractivity contribution in [3.05, 3.63) is 58.0 Å². The van der Waals surface area contributed by atoms with Crippen LogP contribution in [0.5, 0.6) is 0 Å². The van der Waals surface area contributed by atoms with Gasteiger partial charge in [-0.3, -0.25) is 9.69 Å². The fraction of sp³-hybridized carbons (Fsp3) is 0.393. The lowest BCUT2D eigenvalue weighted by Gasteiger charge is -2.31. The van der Waals surface area contributed by atoms with Crippen molar-refractivity contribution < 1.29 is 9.18 Å². The molecule has 0 aliphatic carbocycles. The lowest BCUT2D eigenvalue weighted by Crippen LogP contribution is -2.40. The maximum absolute atomic E-state index is 13.7. The fourth-order valence-corrected chi connectivity index (χ4v) is 6.01. The molecule has 1 aromatic carbocycles. The standard InChI is InChI=1S/C28H31FN8OS/c1-5-22-27(35(4)28-33-26(17(2)39-28)21-7-6-20(29)14-19(21)15-30)37-24(32-22)9-8-23(34-37)18-10-12-36(13-11-18)16-25(38)31-3/h6-9,14,18H,5,10-13,16H2,1-4H3,(H,31,38). The third-order valence-corrected chi connectivity index (χ3v) is 8.33. The van der Waals surface area contributed by atoms with Crippen LogP contribution in [0.15, 0.2) is 30.3 Å². The third-order valence-electron chi connectivity index (χ3n) is 7.28. The Hall–Kier alpha value is -3.88. The number of thiazole rings is 1. The number of likely N-dealkylation sites (tertiary alicyclic amines) is 1. The molecule has 0 atom stereocenters. The number of imidazole rings is 1. The number of aromatic nitrogens is 4. The van der Waals surface area contributed by atoms with Crippen LogP contribution in [0.25, 0.3) is 16.9 Å². The number of halogens is 1. The summed E-state index contributed by atoms with van der Waals surface area (Å²) in [5, 5.41) is 18.0. The zero-order chi connectivity index (χ0) is 27.7. The minimum Gasteiger partial charge on any atom is -0.358 e. The van der Waals surface area contributed by atoms with E-state index in [0.29, 0.717) is 23.7 Å². The van der Waals surface area contributed by atoms with Gasteiger partial charge < -0.3 is 10.2 Å². The number of nitriles is 1. The van der Waals surface area contributed by atoms with Crippen LogP contribution >= 0.6 is 11.3 Å². The number of nitrogens with zero attached hydrogens (tertiary/aromatic N) is 7. The molecule has 1 fully saturated rings. The van der Waals surface area contributed by atoms with Gasteiger partial charge in [0.2, 0.25) is 5.91 Å². The first-order valence-electron chi connectivity index (χ1n) is 13.1. The Morgan fingerprint density at radius 1 is 1.26 bits per heavy atom. The molecule has 4 aromatic rings. The molecule has 0 unspecified atom stereocenters. The van der Waals surface area contributed by atoms with Crippen molar-refractivity contribution in [3.63, 3.8) is 0 Å². The van der Waals surface area contributed by atoms with Crippen LogP contribution in [0, 0.1) is 24.1 Å². The number of hydrogen-bond donors (Lipinski definition) is 1. The van der Waals surface area contributed by atoms with Gasteiger partial charge in [-0.1, -0.05) is 6.92 Å². The average molecular weight is 547 g/mol. The Morgan fingerprint density at radius 2 is 2.03 bits per heavy atom. The number of hydrogen-bond acceptors (Lipinski definition) is 8. The summed E-state index contributed by atoms with van der Waals surface area (Å²) in [4.78, 5) is 26.6. The van der Waals surface area contributed by atoms with Gasteiger partial charge in [0.25, 0.3) is 0 Å². The first-order valence-corrected chi connectivity index (χ1v) is 13.9. The second-order valence-electron chi connectivity index (χ2n) is 9.75. The Morgan fingerprint density at radius 3 is 2.72 bits per heavy atom. The van der Waals surface area contributed by atoms with Crippen LogP contribution in [-0.2, 0) is 11.2 Å². The second-order valence-corrected chi connectivity index (χ2v) is 10.9. The van der Waals surface area contributed by atoms with Crippen LogP contribution in [0.3, 0.4) is 0 Å². The number of fused-ring (bicyclic) bond motifs is 1. The molecule has 1 aliphatic rings. The summed E-state index contributed by atoms with van der Waals surface area (Å²) < 4.78 is 15.6. The monoisotopic (exact) mass is 546 g/mol. The predicted molar refractivity (Wildman–Crippen MR) is 150 cm³/mol. The number of likely N-dealkylation sites (N-methyl/N-ethyl adjacent to an activating group) is 1. The van der Waals surface area contributed by atoms with Gasteiger partial charge in [-0.05, 0) is 69.6 Å². The summed E-state index contributed by atoms with van der Waals surface area (Å²) in [7, 11) is 3.62. The highest BCUT2D eigenvalue weighted by Gasteiger charge is 2.26. The molecule has 9 nitrogen and oxygen atoms in total. The Kier molecular flexibility index (Phi) is 7.59. The number of piperidine rings is 1. The van der Waals surface area contributed by atoms with Crippen LogP contribution in [0.1, 0.15) is 47.5 Å².